The molecule has 4 saturated carbocycles. The van der Waals surface area contributed by atoms with Crippen LogP contribution in [0.5, 0.6) is 0 Å². The lowest BCUT2D eigenvalue weighted by atomic mass is 9.47. The normalized spacial score (nSPS) is 27.4. The fraction of sp³-hybridized carbons (Fsp3) is 0.294. The van der Waals surface area contributed by atoms with Crippen molar-refractivity contribution in [1.29, 1.82) is 0 Å². The van der Waals surface area contributed by atoms with Crippen LogP contribution in [-0.4, -0.2) is 0 Å². The second-order valence-corrected chi connectivity index (χ2v) is 12.2. The summed E-state index contributed by atoms with van der Waals surface area (Å²) in [6, 6.07) is 22.5. The Balaban J connectivity index is 1.51. The summed E-state index contributed by atoms with van der Waals surface area (Å²) in [5, 5.41) is 10.1. The van der Waals surface area contributed by atoms with Gasteiger partial charge >= 0.3 is 0 Å². The van der Waals surface area contributed by atoms with Gasteiger partial charge in [-0.1, -0.05) is 54.6 Å². The first-order valence-corrected chi connectivity index (χ1v) is 13.5. The Hall–Kier alpha value is -3.52. The zero-order valence-electron chi connectivity index (χ0n) is 20.1. The third-order valence-corrected chi connectivity index (χ3v) is 10.3. The zero-order valence-corrected chi connectivity index (χ0v) is 20.1. The van der Waals surface area contributed by atoms with E-state index < -0.39 is 0 Å². The summed E-state index contributed by atoms with van der Waals surface area (Å²) in [5.74, 6) is 2.48. The third kappa shape index (κ3) is 2.25. The summed E-state index contributed by atoms with van der Waals surface area (Å²) in [6.45, 7) is 0. The molecular weight excluding hydrogens is 440 g/mol. The highest BCUT2D eigenvalue weighted by Gasteiger charge is 2.52. The van der Waals surface area contributed by atoms with E-state index in [9.17, 15) is 9.59 Å². The highest BCUT2D eigenvalue weighted by Crippen LogP contribution is 2.61. The van der Waals surface area contributed by atoms with Gasteiger partial charge in [0, 0.05) is 26.9 Å². The number of hydrogen-bond acceptors (Lipinski definition) is 2. The molecule has 0 radical (unpaired) electrons. The standard InChI is InChI=1S/C34H26O2/c35-28-11-9-25-29-22-4-1-2-5-24(22)33(36)26-7-3-6-21(31(26)29)23-8-10-27(32(28)30(23)25)34-15-18-12-19(16-34)14-20(13-18)17-34/h1-11,18-20H,12-17H2. The van der Waals surface area contributed by atoms with Gasteiger partial charge in [0.05, 0.1) is 0 Å². The smallest absolute Gasteiger partial charge is 0.194 e. The Kier molecular flexibility index (Phi) is 3.50. The van der Waals surface area contributed by atoms with Crippen molar-refractivity contribution in [3.63, 3.8) is 0 Å². The van der Waals surface area contributed by atoms with Crippen molar-refractivity contribution in [2.24, 2.45) is 17.8 Å². The topological polar surface area (TPSA) is 34.1 Å². The number of benzene rings is 6. The lowest BCUT2D eigenvalue weighted by molar-refractivity contribution is -0.00450. The quantitative estimate of drug-likeness (QED) is 0.186. The van der Waals surface area contributed by atoms with E-state index in [2.05, 4.69) is 24.3 Å². The van der Waals surface area contributed by atoms with Gasteiger partial charge in [-0.05, 0) is 106 Å². The molecule has 0 spiro atoms. The minimum Gasteiger partial charge on any atom is -0.289 e. The van der Waals surface area contributed by atoms with Crippen molar-refractivity contribution in [1.82, 2.24) is 0 Å². The van der Waals surface area contributed by atoms with Crippen LogP contribution in [0.25, 0.3) is 53.9 Å². The van der Waals surface area contributed by atoms with Crippen LogP contribution in [0.1, 0.15) is 44.1 Å². The van der Waals surface area contributed by atoms with Gasteiger partial charge in [-0.3, -0.25) is 9.59 Å². The van der Waals surface area contributed by atoms with Crippen molar-refractivity contribution >= 4 is 53.9 Å². The highest BCUT2D eigenvalue weighted by atomic mass is 16.1. The molecule has 0 N–H and O–H groups in total. The van der Waals surface area contributed by atoms with Gasteiger partial charge in [-0.25, -0.2) is 0 Å². The summed E-state index contributed by atoms with van der Waals surface area (Å²) in [6.07, 6.45) is 7.90. The summed E-state index contributed by atoms with van der Waals surface area (Å²) >= 11 is 0. The van der Waals surface area contributed by atoms with E-state index in [0.29, 0.717) is 0 Å². The molecule has 2 heteroatoms. The lowest BCUT2D eigenvalue weighted by Crippen LogP contribution is -2.48. The maximum absolute atomic E-state index is 13.8. The van der Waals surface area contributed by atoms with Crippen LogP contribution in [0.4, 0.5) is 0 Å². The zero-order chi connectivity index (χ0) is 23.8. The van der Waals surface area contributed by atoms with E-state index in [0.717, 1.165) is 71.6 Å². The molecule has 0 atom stereocenters. The average Bonchev–Trinajstić information content (AvgIpc) is 2.88. The molecule has 0 aliphatic heterocycles. The van der Waals surface area contributed by atoms with Crippen LogP contribution >= 0.6 is 0 Å². The number of rotatable bonds is 1. The first kappa shape index (κ1) is 19.6. The van der Waals surface area contributed by atoms with Gasteiger partial charge in [0.25, 0.3) is 0 Å². The molecule has 4 aliphatic carbocycles. The summed E-state index contributed by atoms with van der Waals surface area (Å²) in [7, 11) is 0. The lowest BCUT2D eigenvalue weighted by Gasteiger charge is -2.57. The Labute approximate surface area is 208 Å². The third-order valence-electron chi connectivity index (χ3n) is 10.3. The van der Waals surface area contributed by atoms with Crippen molar-refractivity contribution in [2.45, 2.75) is 43.9 Å². The van der Waals surface area contributed by atoms with E-state index in [1.54, 1.807) is 6.07 Å². The summed E-state index contributed by atoms with van der Waals surface area (Å²) in [5.41, 5.74) is 1.71. The molecule has 0 aromatic heterocycles. The van der Waals surface area contributed by atoms with Crippen molar-refractivity contribution in [2.75, 3.05) is 0 Å². The van der Waals surface area contributed by atoms with Gasteiger partial charge in [0.15, 0.2) is 10.9 Å². The van der Waals surface area contributed by atoms with Crippen molar-refractivity contribution in [3.05, 3.63) is 92.7 Å². The Morgan fingerprint density at radius 1 is 0.500 bits per heavy atom. The van der Waals surface area contributed by atoms with E-state index in [-0.39, 0.29) is 16.3 Å². The maximum Gasteiger partial charge on any atom is 0.194 e. The Bertz CT molecular complexity index is 1980. The summed E-state index contributed by atoms with van der Waals surface area (Å²) in [4.78, 5) is 27.3. The van der Waals surface area contributed by atoms with Gasteiger partial charge in [0.2, 0.25) is 0 Å². The predicted octanol–water partition coefficient (Wildman–Crippen LogP) is 7.52. The first-order valence-electron chi connectivity index (χ1n) is 13.5. The molecule has 6 aromatic carbocycles. The minimum absolute atomic E-state index is 0.0940. The second kappa shape index (κ2) is 6.42. The van der Waals surface area contributed by atoms with Crippen LogP contribution in [-0.2, 0) is 5.41 Å². The van der Waals surface area contributed by atoms with Gasteiger partial charge in [-0.2, -0.15) is 0 Å². The molecule has 0 heterocycles. The van der Waals surface area contributed by atoms with Crippen LogP contribution in [0, 0.1) is 17.8 Å². The fourth-order valence-electron chi connectivity index (χ4n) is 9.47. The minimum atomic E-state index is 0.0940. The highest BCUT2D eigenvalue weighted by molar-refractivity contribution is 6.38. The van der Waals surface area contributed by atoms with Crippen LogP contribution < -0.4 is 10.9 Å². The number of hydrogen-bond donors (Lipinski definition) is 0. The largest absolute Gasteiger partial charge is 0.289 e. The van der Waals surface area contributed by atoms with E-state index in [4.69, 9.17) is 0 Å². The van der Waals surface area contributed by atoms with Gasteiger partial charge in [0.1, 0.15) is 0 Å². The van der Waals surface area contributed by atoms with Gasteiger partial charge < -0.3 is 0 Å². The first-order chi connectivity index (χ1) is 17.6. The summed E-state index contributed by atoms with van der Waals surface area (Å²) < 4.78 is 0. The molecule has 4 bridgehead atoms. The molecule has 36 heavy (non-hydrogen) atoms. The molecule has 2 nitrogen and oxygen atoms in total. The fourth-order valence-corrected chi connectivity index (χ4v) is 9.47. The molecule has 6 aromatic rings. The maximum atomic E-state index is 13.8. The monoisotopic (exact) mass is 466 g/mol. The SMILES string of the molecule is O=c1c2ccccc2c2c3ccc(=O)c4c(C56CC7CC(CC(C7)C5)C6)ccc(c5cccc1c52)c43. The predicted molar refractivity (Wildman–Crippen MR) is 149 cm³/mol. The molecule has 0 amide bonds. The molecule has 4 fully saturated rings. The molecule has 10 rings (SSSR count). The number of fused-ring (bicyclic) bond motifs is 4. The van der Waals surface area contributed by atoms with E-state index in [1.807, 2.05) is 36.4 Å². The molecule has 4 aliphatic rings. The molecule has 174 valence electrons. The Morgan fingerprint density at radius 2 is 1.03 bits per heavy atom. The van der Waals surface area contributed by atoms with E-state index >= 15 is 0 Å². The Morgan fingerprint density at radius 3 is 1.78 bits per heavy atom. The average molecular weight is 467 g/mol. The molecular formula is C34H26O2. The van der Waals surface area contributed by atoms with Crippen LogP contribution in [0.2, 0.25) is 0 Å². The van der Waals surface area contributed by atoms with Crippen LogP contribution in [0.3, 0.4) is 0 Å². The molecule has 0 unspecified atom stereocenters. The van der Waals surface area contributed by atoms with Crippen molar-refractivity contribution in [3.8, 4) is 0 Å². The van der Waals surface area contributed by atoms with Gasteiger partial charge in [-0.15, -0.1) is 0 Å². The molecule has 0 saturated heterocycles. The second-order valence-electron chi connectivity index (χ2n) is 12.2. The van der Waals surface area contributed by atoms with E-state index in [1.165, 1.54) is 44.1 Å². The van der Waals surface area contributed by atoms with Crippen molar-refractivity contribution < 1.29 is 0 Å². The van der Waals surface area contributed by atoms with Crippen LogP contribution in [0.15, 0.2) is 76.3 Å².